The molecule has 4 nitrogen and oxygen atoms in total. The van der Waals surface area contributed by atoms with Crippen molar-refractivity contribution in [2.75, 3.05) is 0 Å². The molecule has 15 heavy (non-hydrogen) atoms. The van der Waals surface area contributed by atoms with Crippen molar-refractivity contribution in [2.24, 2.45) is 10.7 Å². The van der Waals surface area contributed by atoms with Crippen LogP contribution in [0.5, 0.6) is 0 Å². The van der Waals surface area contributed by atoms with Crippen LogP contribution in [0.4, 0.5) is 4.79 Å². The van der Waals surface area contributed by atoms with E-state index in [0.717, 1.165) is 15.6 Å². The number of urea groups is 1. The van der Waals surface area contributed by atoms with Crippen LogP contribution in [0.15, 0.2) is 27.7 Å². The van der Waals surface area contributed by atoms with E-state index in [1.54, 1.807) is 0 Å². The molecule has 0 bridgehead atoms. The van der Waals surface area contributed by atoms with Crippen molar-refractivity contribution in [3.8, 4) is 0 Å². The second-order valence-electron chi connectivity index (χ2n) is 3.44. The number of aryl methyl sites for hydroxylation is 1. The molecule has 1 atom stereocenters. The number of hydrogen-bond acceptors (Lipinski definition) is 2. The molecule has 0 saturated carbocycles. The van der Waals surface area contributed by atoms with E-state index >= 15 is 0 Å². The Morgan fingerprint density at radius 2 is 2.27 bits per heavy atom. The number of nitrogens with one attached hydrogen (secondary N) is 1. The lowest BCUT2D eigenvalue weighted by atomic mass is 10.1. The Morgan fingerprint density at radius 3 is 2.80 bits per heavy atom. The van der Waals surface area contributed by atoms with E-state index in [2.05, 4.69) is 26.2 Å². The van der Waals surface area contributed by atoms with Gasteiger partial charge in [0.25, 0.3) is 0 Å². The number of aliphatic imine (C=N–C) groups is 1. The fraction of sp³-hybridized carbons (Fsp3) is 0.200. The lowest BCUT2D eigenvalue weighted by Crippen LogP contribution is -2.28. The normalized spacial score (nSPS) is 20.0. The molecule has 1 heterocycles. The molecule has 78 valence electrons. The molecule has 1 unspecified atom stereocenters. The zero-order valence-corrected chi connectivity index (χ0v) is 9.71. The third kappa shape index (κ3) is 1.87. The molecular weight excluding hydrogens is 258 g/mol. The monoisotopic (exact) mass is 267 g/mol. The second kappa shape index (κ2) is 3.66. The summed E-state index contributed by atoms with van der Waals surface area (Å²) in [7, 11) is 0. The first kappa shape index (κ1) is 10.2. The van der Waals surface area contributed by atoms with Crippen molar-refractivity contribution in [1.82, 2.24) is 5.32 Å². The fourth-order valence-corrected chi connectivity index (χ4v) is 2.24. The minimum atomic E-state index is -0.384. The summed E-state index contributed by atoms with van der Waals surface area (Å²) >= 11 is 3.44. The maximum absolute atomic E-state index is 11.0. The molecule has 0 saturated heterocycles. The summed E-state index contributed by atoms with van der Waals surface area (Å²) < 4.78 is 0.924. The molecule has 0 fully saturated rings. The summed E-state index contributed by atoms with van der Waals surface area (Å²) in [6.45, 7) is 2.00. The maximum Gasteiger partial charge on any atom is 0.343 e. The van der Waals surface area contributed by atoms with Gasteiger partial charge in [-0.2, -0.15) is 4.99 Å². The summed E-state index contributed by atoms with van der Waals surface area (Å²) in [5.41, 5.74) is 7.72. The summed E-state index contributed by atoms with van der Waals surface area (Å²) in [5.74, 6) is 0.310. The van der Waals surface area contributed by atoms with Gasteiger partial charge >= 0.3 is 6.03 Å². The number of benzene rings is 1. The number of nitrogens with zero attached hydrogens (tertiary/aromatic N) is 1. The van der Waals surface area contributed by atoms with Crippen molar-refractivity contribution < 1.29 is 4.79 Å². The zero-order chi connectivity index (χ0) is 11.0. The van der Waals surface area contributed by atoms with Crippen molar-refractivity contribution in [3.63, 3.8) is 0 Å². The highest BCUT2D eigenvalue weighted by atomic mass is 79.9. The molecule has 1 aromatic carbocycles. The van der Waals surface area contributed by atoms with Crippen LogP contribution in [-0.2, 0) is 0 Å². The van der Waals surface area contributed by atoms with Crippen molar-refractivity contribution in [3.05, 3.63) is 33.8 Å². The second-order valence-corrected chi connectivity index (χ2v) is 4.30. The summed E-state index contributed by atoms with van der Waals surface area (Å²) in [4.78, 5) is 14.7. The van der Waals surface area contributed by atoms with Crippen LogP contribution in [0.1, 0.15) is 17.2 Å². The Kier molecular flexibility index (Phi) is 2.48. The van der Waals surface area contributed by atoms with Gasteiger partial charge in [0, 0.05) is 4.47 Å². The van der Waals surface area contributed by atoms with E-state index in [4.69, 9.17) is 5.73 Å². The van der Waals surface area contributed by atoms with Crippen molar-refractivity contribution >= 4 is 27.8 Å². The Hall–Kier alpha value is -1.36. The highest BCUT2D eigenvalue weighted by Crippen LogP contribution is 2.26. The van der Waals surface area contributed by atoms with Gasteiger partial charge in [0.15, 0.2) is 0 Å². The molecular formula is C10H10BrN3O. The largest absolute Gasteiger partial charge is 0.385 e. The van der Waals surface area contributed by atoms with Crippen molar-refractivity contribution in [1.29, 1.82) is 0 Å². The van der Waals surface area contributed by atoms with Crippen molar-refractivity contribution in [2.45, 2.75) is 13.0 Å². The Balaban J connectivity index is 2.39. The number of carbonyl (C=O) groups is 1. The Morgan fingerprint density at radius 1 is 1.53 bits per heavy atom. The zero-order valence-electron chi connectivity index (χ0n) is 8.12. The average Bonchev–Trinajstić information content (AvgIpc) is 2.45. The van der Waals surface area contributed by atoms with Crippen LogP contribution in [-0.4, -0.2) is 11.9 Å². The standard InChI is InChI=1S/C10H10BrN3O/c1-5-2-3-6(7(11)4-5)8-9(12)14-10(15)13-8/h2-4,8H,1H3,(H3,12,13,14,15). The predicted octanol–water partition coefficient (Wildman–Crippen LogP) is 1.88. The third-order valence-electron chi connectivity index (χ3n) is 2.26. The van der Waals surface area contributed by atoms with Crippen LogP contribution in [0, 0.1) is 6.92 Å². The quantitative estimate of drug-likeness (QED) is 0.816. The van der Waals surface area contributed by atoms with Gasteiger partial charge in [-0.1, -0.05) is 28.1 Å². The van der Waals surface area contributed by atoms with Gasteiger partial charge in [-0.05, 0) is 24.1 Å². The van der Waals surface area contributed by atoms with E-state index in [1.165, 1.54) is 0 Å². The average molecular weight is 268 g/mol. The van der Waals surface area contributed by atoms with E-state index in [1.807, 2.05) is 25.1 Å². The predicted molar refractivity (Wildman–Crippen MR) is 61.8 cm³/mol. The van der Waals surface area contributed by atoms with E-state index < -0.39 is 0 Å². The minimum Gasteiger partial charge on any atom is -0.385 e. The van der Waals surface area contributed by atoms with Gasteiger partial charge in [-0.15, -0.1) is 0 Å². The van der Waals surface area contributed by atoms with E-state index in [-0.39, 0.29) is 12.1 Å². The van der Waals surface area contributed by atoms with Crippen LogP contribution in [0.2, 0.25) is 0 Å². The van der Waals surface area contributed by atoms with Gasteiger partial charge in [0.1, 0.15) is 11.9 Å². The number of rotatable bonds is 1. The van der Waals surface area contributed by atoms with Crippen LogP contribution in [0.3, 0.4) is 0 Å². The molecule has 2 rings (SSSR count). The van der Waals surface area contributed by atoms with Crippen LogP contribution in [0.25, 0.3) is 0 Å². The van der Waals surface area contributed by atoms with Gasteiger partial charge in [0.05, 0.1) is 0 Å². The van der Waals surface area contributed by atoms with E-state index in [0.29, 0.717) is 5.84 Å². The van der Waals surface area contributed by atoms with Gasteiger partial charge in [-0.25, -0.2) is 4.79 Å². The van der Waals surface area contributed by atoms with Gasteiger partial charge in [0.2, 0.25) is 0 Å². The highest BCUT2D eigenvalue weighted by molar-refractivity contribution is 9.10. The summed E-state index contributed by atoms with van der Waals surface area (Å²) in [6, 6.07) is 5.18. The van der Waals surface area contributed by atoms with Crippen LogP contribution >= 0.6 is 15.9 Å². The highest BCUT2D eigenvalue weighted by Gasteiger charge is 2.26. The molecule has 1 aliphatic rings. The molecule has 5 heteroatoms. The number of nitrogens with two attached hydrogens (primary N) is 1. The number of carbonyl (C=O) groups excluding carboxylic acids is 1. The number of amidine groups is 1. The fourth-order valence-electron chi connectivity index (χ4n) is 1.51. The molecule has 3 N–H and O–H groups in total. The van der Waals surface area contributed by atoms with Gasteiger partial charge in [-0.3, -0.25) is 0 Å². The lowest BCUT2D eigenvalue weighted by Gasteiger charge is -2.13. The molecule has 1 aliphatic heterocycles. The summed E-state index contributed by atoms with van der Waals surface area (Å²) in [5, 5.41) is 2.68. The number of hydrogen-bond donors (Lipinski definition) is 2. The Bertz CT molecular complexity index is 456. The molecule has 0 spiro atoms. The SMILES string of the molecule is Cc1ccc(C2NC(=O)N=C2N)c(Br)c1. The first-order valence-corrected chi connectivity index (χ1v) is 5.28. The molecule has 0 aliphatic carbocycles. The van der Waals surface area contributed by atoms with Crippen LogP contribution < -0.4 is 11.1 Å². The first-order chi connectivity index (χ1) is 7.08. The molecule has 1 aromatic rings. The maximum atomic E-state index is 11.0. The smallest absolute Gasteiger partial charge is 0.343 e. The van der Waals surface area contributed by atoms with E-state index in [9.17, 15) is 4.79 Å². The Labute approximate surface area is 95.7 Å². The van der Waals surface area contributed by atoms with Gasteiger partial charge < -0.3 is 11.1 Å². The first-order valence-electron chi connectivity index (χ1n) is 4.48. The molecule has 0 radical (unpaired) electrons. The summed E-state index contributed by atoms with van der Waals surface area (Å²) in [6.07, 6.45) is 0. The third-order valence-corrected chi connectivity index (χ3v) is 2.95. The lowest BCUT2D eigenvalue weighted by molar-refractivity contribution is 0.250. The minimum absolute atomic E-state index is 0.310. The number of amides is 2. The molecule has 2 amide bonds. The number of halogens is 1. The molecule has 0 aromatic heterocycles. The topological polar surface area (TPSA) is 67.5 Å².